The van der Waals surface area contributed by atoms with Crippen LogP contribution in [-0.2, 0) is 19.1 Å². The van der Waals surface area contributed by atoms with E-state index < -0.39 is 23.5 Å². The molecule has 0 aromatic heterocycles. The molecule has 5 nitrogen and oxygen atoms in total. The largest absolute Gasteiger partial charge is 0.511 e. The normalized spacial score (nSPS) is 20.4. The van der Waals surface area contributed by atoms with E-state index in [1.807, 2.05) is 0 Å². The van der Waals surface area contributed by atoms with E-state index in [0.717, 1.165) is 0 Å². The molecule has 0 heterocycles. The highest BCUT2D eigenvalue weighted by molar-refractivity contribution is 6.23. The summed E-state index contributed by atoms with van der Waals surface area (Å²) >= 11 is 0. The Morgan fingerprint density at radius 1 is 1.29 bits per heavy atom. The Morgan fingerprint density at radius 3 is 2.24 bits per heavy atom. The summed E-state index contributed by atoms with van der Waals surface area (Å²) in [6.45, 7) is 3.54. The number of Topliss-reactive ketones (excluding diaryl/α,β-unsaturated/α-hetero) is 2. The second kappa shape index (κ2) is 5.61. The van der Waals surface area contributed by atoms with Crippen LogP contribution in [0.25, 0.3) is 0 Å². The lowest BCUT2D eigenvalue weighted by molar-refractivity contribution is -0.151. The van der Waals surface area contributed by atoms with Gasteiger partial charge in [0.1, 0.15) is 5.76 Å². The summed E-state index contributed by atoms with van der Waals surface area (Å²) in [7, 11) is 0. The molecule has 1 saturated carbocycles. The van der Waals surface area contributed by atoms with E-state index >= 15 is 0 Å². The molecule has 1 aliphatic rings. The summed E-state index contributed by atoms with van der Waals surface area (Å²) in [6.07, 6.45) is 0.102. The van der Waals surface area contributed by atoms with Crippen LogP contribution in [0.5, 0.6) is 0 Å². The maximum atomic E-state index is 11.7. The van der Waals surface area contributed by atoms with Crippen molar-refractivity contribution in [1.29, 1.82) is 0 Å². The van der Waals surface area contributed by atoms with Crippen LogP contribution in [0.1, 0.15) is 33.1 Å². The van der Waals surface area contributed by atoms with E-state index in [9.17, 15) is 19.5 Å². The smallest absolute Gasteiger partial charge is 0.309 e. The number of hydrogen-bond donors (Lipinski definition) is 1. The zero-order chi connectivity index (χ0) is 13.0. The molecule has 0 bridgehead atoms. The third-order valence-corrected chi connectivity index (χ3v) is 2.66. The minimum atomic E-state index is -0.705. The Morgan fingerprint density at radius 2 is 1.82 bits per heavy atom. The van der Waals surface area contributed by atoms with E-state index in [2.05, 4.69) is 0 Å². The van der Waals surface area contributed by atoms with Gasteiger partial charge in [-0.2, -0.15) is 0 Å². The molecule has 0 spiro atoms. The Bertz CT molecular complexity index is 360. The molecule has 1 N–H and O–H groups in total. The first-order chi connectivity index (χ1) is 8.01. The molecule has 0 aromatic rings. The monoisotopic (exact) mass is 240 g/mol. The highest BCUT2D eigenvalue weighted by Gasteiger charge is 2.36. The fourth-order valence-corrected chi connectivity index (χ4v) is 1.80. The maximum absolute atomic E-state index is 11.7. The van der Waals surface area contributed by atoms with Gasteiger partial charge in [-0.25, -0.2) is 0 Å². The minimum absolute atomic E-state index is 0.0655. The number of carbonyl (C=O) groups is 3. The Hall–Kier alpha value is -1.65. The van der Waals surface area contributed by atoms with Gasteiger partial charge in [-0.05, 0) is 6.92 Å². The van der Waals surface area contributed by atoms with Gasteiger partial charge in [-0.15, -0.1) is 0 Å². The van der Waals surface area contributed by atoms with E-state index in [4.69, 9.17) is 4.74 Å². The van der Waals surface area contributed by atoms with Gasteiger partial charge < -0.3 is 9.84 Å². The lowest BCUT2D eigenvalue weighted by atomic mass is 9.83. The third kappa shape index (κ3) is 2.93. The maximum Gasteiger partial charge on any atom is 0.309 e. The first kappa shape index (κ1) is 13.4. The van der Waals surface area contributed by atoms with Crippen LogP contribution in [0.15, 0.2) is 11.3 Å². The summed E-state index contributed by atoms with van der Waals surface area (Å²) in [5.41, 5.74) is -0.145. The highest BCUT2D eigenvalue weighted by atomic mass is 16.5. The number of rotatable bonds is 3. The van der Waals surface area contributed by atoms with Crippen molar-refractivity contribution in [3.8, 4) is 0 Å². The van der Waals surface area contributed by atoms with Crippen LogP contribution in [0.2, 0.25) is 0 Å². The number of allylic oxidation sites excluding steroid dienone is 2. The molecule has 94 valence electrons. The van der Waals surface area contributed by atoms with Crippen molar-refractivity contribution in [1.82, 2.24) is 0 Å². The fourth-order valence-electron chi connectivity index (χ4n) is 1.80. The van der Waals surface area contributed by atoms with Gasteiger partial charge in [0.15, 0.2) is 11.6 Å². The summed E-state index contributed by atoms with van der Waals surface area (Å²) in [5.74, 6) is -2.37. The molecule has 0 unspecified atom stereocenters. The number of ether oxygens (including phenoxy) is 1. The van der Waals surface area contributed by atoms with Gasteiger partial charge >= 0.3 is 5.97 Å². The number of aliphatic hydroxyl groups excluding tert-OH is 1. The van der Waals surface area contributed by atoms with Crippen molar-refractivity contribution in [2.24, 2.45) is 5.92 Å². The average Bonchev–Trinajstić information content (AvgIpc) is 2.28. The molecule has 0 saturated heterocycles. The van der Waals surface area contributed by atoms with Gasteiger partial charge in [0.2, 0.25) is 0 Å². The average molecular weight is 240 g/mol. The molecule has 0 aromatic carbocycles. The number of esters is 1. The van der Waals surface area contributed by atoms with E-state index in [1.165, 1.54) is 0 Å². The van der Waals surface area contributed by atoms with Crippen LogP contribution < -0.4 is 0 Å². The van der Waals surface area contributed by atoms with Crippen LogP contribution in [-0.4, -0.2) is 29.2 Å². The number of ketones is 2. The van der Waals surface area contributed by atoms with Gasteiger partial charge in [0.25, 0.3) is 0 Å². The molecular formula is C12H16O5. The lowest BCUT2D eigenvalue weighted by Crippen LogP contribution is -2.32. The summed E-state index contributed by atoms with van der Waals surface area (Å²) in [6, 6.07) is 0. The Balaban J connectivity index is 2.85. The zero-order valence-corrected chi connectivity index (χ0v) is 9.99. The van der Waals surface area contributed by atoms with Crippen LogP contribution in [0.3, 0.4) is 0 Å². The van der Waals surface area contributed by atoms with Gasteiger partial charge in [-0.3, -0.25) is 14.4 Å². The summed E-state index contributed by atoms with van der Waals surface area (Å²) in [4.78, 5) is 34.8. The number of hydrogen-bond acceptors (Lipinski definition) is 5. The van der Waals surface area contributed by atoms with E-state index in [-0.39, 0.29) is 37.2 Å². The number of aliphatic hydroxyl groups is 1. The van der Waals surface area contributed by atoms with Crippen molar-refractivity contribution in [3.05, 3.63) is 11.3 Å². The highest BCUT2D eigenvalue weighted by Crippen LogP contribution is 2.26. The molecular weight excluding hydrogens is 224 g/mol. The molecule has 0 radical (unpaired) electrons. The quantitative estimate of drug-likeness (QED) is 0.348. The van der Waals surface area contributed by atoms with Crippen LogP contribution in [0.4, 0.5) is 0 Å². The molecule has 1 rings (SSSR count). The van der Waals surface area contributed by atoms with Crippen molar-refractivity contribution in [2.75, 3.05) is 6.61 Å². The summed E-state index contributed by atoms with van der Waals surface area (Å²) < 4.78 is 4.78. The predicted octanol–water partition coefficient (Wildman–Crippen LogP) is 1.32. The van der Waals surface area contributed by atoms with Gasteiger partial charge in [0, 0.05) is 19.3 Å². The number of carbonyl (C=O) groups excluding carboxylic acids is 3. The molecule has 0 atom stereocenters. The SMILES string of the molecule is CCOC(=O)C1CC(=O)C(=C(O)CC)C(=O)C1. The molecule has 17 heavy (non-hydrogen) atoms. The first-order valence-electron chi connectivity index (χ1n) is 5.66. The fraction of sp³-hybridized carbons (Fsp3) is 0.583. The van der Waals surface area contributed by atoms with E-state index in [0.29, 0.717) is 0 Å². The van der Waals surface area contributed by atoms with Gasteiger partial charge in [0.05, 0.1) is 18.1 Å². The second-order valence-electron chi connectivity index (χ2n) is 3.88. The van der Waals surface area contributed by atoms with Crippen LogP contribution >= 0.6 is 0 Å². The summed E-state index contributed by atoms with van der Waals surface area (Å²) in [5, 5.41) is 9.47. The molecule has 0 aliphatic heterocycles. The zero-order valence-electron chi connectivity index (χ0n) is 9.99. The lowest BCUT2D eigenvalue weighted by Gasteiger charge is -2.20. The first-order valence-corrected chi connectivity index (χ1v) is 5.66. The topological polar surface area (TPSA) is 80.7 Å². The van der Waals surface area contributed by atoms with Crippen molar-refractivity contribution in [2.45, 2.75) is 33.1 Å². The molecule has 1 fully saturated rings. The molecule has 1 aliphatic carbocycles. The van der Waals surface area contributed by atoms with Crippen molar-refractivity contribution in [3.63, 3.8) is 0 Å². The third-order valence-electron chi connectivity index (χ3n) is 2.66. The standard InChI is InChI=1S/C12H16O5/c1-3-8(13)11-9(14)5-7(6-10(11)15)12(16)17-4-2/h7,13H,3-6H2,1-2H3. The van der Waals surface area contributed by atoms with Gasteiger partial charge in [-0.1, -0.05) is 6.92 Å². The second-order valence-corrected chi connectivity index (χ2v) is 3.88. The molecule has 0 amide bonds. The van der Waals surface area contributed by atoms with Crippen LogP contribution in [0, 0.1) is 5.92 Å². The minimum Gasteiger partial charge on any atom is -0.511 e. The van der Waals surface area contributed by atoms with Crippen molar-refractivity contribution >= 4 is 17.5 Å². The van der Waals surface area contributed by atoms with E-state index in [1.54, 1.807) is 13.8 Å². The Labute approximate surface area is 99.5 Å². The predicted molar refractivity (Wildman–Crippen MR) is 59.3 cm³/mol. The van der Waals surface area contributed by atoms with Crippen molar-refractivity contribution < 1.29 is 24.2 Å². The molecule has 5 heteroatoms. The Kier molecular flexibility index (Phi) is 4.43.